The van der Waals surface area contributed by atoms with E-state index in [1.807, 2.05) is 4.90 Å². The smallest absolute Gasteiger partial charge is 0.337 e. The Morgan fingerprint density at radius 1 is 1.40 bits per heavy atom. The molecule has 0 saturated carbocycles. The van der Waals surface area contributed by atoms with Gasteiger partial charge < -0.3 is 9.47 Å². The van der Waals surface area contributed by atoms with Gasteiger partial charge in [0.2, 0.25) is 0 Å². The Bertz CT molecular complexity index is 669. The molecule has 0 spiro atoms. The molecule has 1 aromatic rings. The van der Waals surface area contributed by atoms with Crippen molar-refractivity contribution in [1.82, 2.24) is 4.90 Å². The number of carbonyl (C=O) groups is 1. The number of carbonyl (C=O) groups excluding carboxylic acids is 1. The molecule has 25 heavy (non-hydrogen) atoms. The second-order valence-corrected chi connectivity index (χ2v) is 5.29. The van der Waals surface area contributed by atoms with Gasteiger partial charge in [-0.05, 0) is 32.2 Å². The van der Waals surface area contributed by atoms with Gasteiger partial charge in [-0.2, -0.15) is 0 Å². The summed E-state index contributed by atoms with van der Waals surface area (Å²) in [5.41, 5.74) is 0.624. The summed E-state index contributed by atoms with van der Waals surface area (Å²) in [6, 6.07) is 3.88. The largest absolute Gasteiger partial charge is 0.489 e. The molecular formula is C19H23F2NO3. The predicted octanol–water partition coefficient (Wildman–Crippen LogP) is 3.91. The van der Waals surface area contributed by atoms with E-state index in [1.54, 1.807) is 20.0 Å². The normalized spacial score (nSPS) is 12.2. The second-order valence-electron chi connectivity index (χ2n) is 5.29. The predicted molar refractivity (Wildman–Crippen MR) is 93.9 cm³/mol. The van der Waals surface area contributed by atoms with Crippen molar-refractivity contribution in [3.05, 3.63) is 65.8 Å². The first-order chi connectivity index (χ1) is 11.9. The first-order valence-corrected chi connectivity index (χ1v) is 7.75. The van der Waals surface area contributed by atoms with Gasteiger partial charge in [-0.15, -0.1) is 0 Å². The highest BCUT2D eigenvalue weighted by Crippen LogP contribution is 2.19. The monoisotopic (exact) mass is 351 g/mol. The van der Waals surface area contributed by atoms with Gasteiger partial charge in [0.15, 0.2) is 11.6 Å². The van der Waals surface area contributed by atoms with E-state index >= 15 is 0 Å². The molecule has 0 aliphatic heterocycles. The molecule has 136 valence electrons. The summed E-state index contributed by atoms with van der Waals surface area (Å²) >= 11 is 0. The summed E-state index contributed by atoms with van der Waals surface area (Å²) in [7, 11) is 3.03. The number of hydrogen-bond donors (Lipinski definition) is 0. The van der Waals surface area contributed by atoms with Crippen LogP contribution in [0, 0.1) is 5.82 Å². The van der Waals surface area contributed by atoms with E-state index in [4.69, 9.17) is 4.74 Å². The molecule has 1 aromatic carbocycles. The van der Waals surface area contributed by atoms with Crippen molar-refractivity contribution >= 4 is 5.97 Å². The van der Waals surface area contributed by atoms with Gasteiger partial charge in [0.1, 0.15) is 12.4 Å². The number of rotatable bonds is 9. The molecule has 1 rings (SSSR count). The fourth-order valence-corrected chi connectivity index (χ4v) is 2.08. The van der Waals surface area contributed by atoms with Crippen LogP contribution in [-0.4, -0.2) is 44.7 Å². The molecule has 0 N–H and O–H groups in total. The highest BCUT2D eigenvalue weighted by Gasteiger charge is 2.11. The van der Waals surface area contributed by atoms with Gasteiger partial charge in [0.25, 0.3) is 0 Å². The van der Waals surface area contributed by atoms with E-state index in [-0.39, 0.29) is 23.7 Å². The summed E-state index contributed by atoms with van der Waals surface area (Å²) < 4.78 is 37.5. The summed E-state index contributed by atoms with van der Waals surface area (Å²) in [4.78, 5) is 13.2. The van der Waals surface area contributed by atoms with E-state index < -0.39 is 11.8 Å². The average Bonchev–Trinajstić information content (AvgIpc) is 2.61. The van der Waals surface area contributed by atoms with Crippen LogP contribution in [0.1, 0.15) is 17.3 Å². The van der Waals surface area contributed by atoms with Crippen molar-refractivity contribution in [3.8, 4) is 5.75 Å². The molecule has 0 aliphatic rings. The van der Waals surface area contributed by atoms with E-state index in [2.05, 4.69) is 11.3 Å². The molecule has 0 aromatic heterocycles. The number of nitrogens with zero attached hydrogens (tertiary/aromatic N) is 1. The van der Waals surface area contributed by atoms with Crippen LogP contribution >= 0.6 is 0 Å². The maximum Gasteiger partial charge on any atom is 0.337 e. The first kappa shape index (κ1) is 20.6. The lowest BCUT2D eigenvalue weighted by molar-refractivity contribution is 0.0600. The SMILES string of the molecule is C=C/C=C(CN(C)CCOc1ccc(C(=O)OC)cc1F)\C(F)=C/C. The minimum atomic E-state index is -0.641. The zero-order valence-corrected chi connectivity index (χ0v) is 14.7. The average molecular weight is 351 g/mol. The van der Waals surface area contributed by atoms with Crippen LogP contribution in [0.2, 0.25) is 0 Å². The molecule has 0 amide bonds. The number of ether oxygens (including phenoxy) is 2. The zero-order valence-electron chi connectivity index (χ0n) is 14.7. The molecule has 0 aliphatic carbocycles. The van der Waals surface area contributed by atoms with E-state index in [0.29, 0.717) is 18.7 Å². The third-order valence-electron chi connectivity index (χ3n) is 3.40. The quantitative estimate of drug-likeness (QED) is 0.499. The van der Waals surface area contributed by atoms with Crippen LogP contribution in [-0.2, 0) is 4.74 Å². The van der Waals surface area contributed by atoms with Gasteiger partial charge >= 0.3 is 5.97 Å². The van der Waals surface area contributed by atoms with E-state index in [0.717, 1.165) is 6.07 Å². The van der Waals surface area contributed by atoms with Gasteiger partial charge in [0, 0.05) is 18.7 Å². The highest BCUT2D eigenvalue weighted by molar-refractivity contribution is 5.89. The summed E-state index contributed by atoms with van der Waals surface area (Å²) in [6.07, 6.45) is 4.52. The van der Waals surface area contributed by atoms with Crippen molar-refractivity contribution in [3.63, 3.8) is 0 Å². The zero-order chi connectivity index (χ0) is 18.8. The lowest BCUT2D eigenvalue weighted by Gasteiger charge is -2.18. The summed E-state index contributed by atoms with van der Waals surface area (Å²) in [6.45, 7) is 6.24. The third kappa shape index (κ3) is 6.51. The Labute approximate surface area is 147 Å². The number of likely N-dealkylation sites (N-methyl/N-ethyl adjacent to an activating group) is 1. The van der Waals surface area contributed by atoms with Crippen molar-refractivity contribution in [2.24, 2.45) is 0 Å². The standard InChI is InChI=1S/C19H23F2NO3/c1-5-7-15(16(20)6-2)13-22(3)10-11-25-18-9-8-14(12-17(18)21)19(23)24-4/h5-9,12H,1,10-11,13H2,2-4H3/b15-7-,16-6+. The fraction of sp³-hybridized carbons (Fsp3) is 0.316. The van der Waals surface area contributed by atoms with Crippen molar-refractivity contribution < 1.29 is 23.0 Å². The van der Waals surface area contributed by atoms with Crippen LogP contribution in [0.5, 0.6) is 5.75 Å². The van der Waals surface area contributed by atoms with Crippen LogP contribution in [0.3, 0.4) is 0 Å². The maximum atomic E-state index is 13.9. The third-order valence-corrected chi connectivity index (χ3v) is 3.40. The fourth-order valence-electron chi connectivity index (χ4n) is 2.08. The number of esters is 1. The highest BCUT2D eigenvalue weighted by atomic mass is 19.1. The Kier molecular flexibility index (Phi) is 8.56. The van der Waals surface area contributed by atoms with Gasteiger partial charge in [-0.25, -0.2) is 13.6 Å². The summed E-state index contributed by atoms with van der Waals surface area (Å²) in [5, 5.41) is 0. The topological polar surface area (TPSA) is 38.8 Å². The van der Waals surface area contributed by atoms with E-state index in [9.17, 15) is 13.6 Å². The molecule has 0 fully saturated rings. The number of hydrogen-bond acceptors (Lipinski definition) is 4. The minimum Gasteiger partial charge on any atom is -0.489 e. The lowest BCUT2D eigenvalue weighted by atomic mass is 10.2. The first-order valence-electron chi connectivity index (χ1n) is 7.75. The molecule has 0 unspecified atom stereocenters. The maximum absolute atomic E-state index is 13.9. The van der Waals surface area contributed by atoms with Crippen LogP contribution in [0.4, 0.5) is 8.78 Å². The van der Waals surface area contributed by atoms with Crippen LogP contribution in [0.15, 0.2) is 54.4 Å². The molecular weight excluding hydrogens is 328 g/mol. The molecule has 4 nitrogen and oxygen atoms in total. The molecule has 0 saturated heterocycles. The Morgan fingerprint density at radius 3 is 2.68 bits per heavy atom. The number of allylic oxidation sites excluding steroid dienone is 3. The van der Waals surface area contributed by atoms with Gasteiger partial charge in [-0.3, -0.25) is 4.90 Å². The lowest BCUT2D eigenvalue weighted by Crippen LogP contribution is -2.26. The number of halogens is 2. The Balaban J connectivity index is 2.58. The molecule has 0 atom stereocenters. The Morgan fingerprint density at radius 2 is 2.12 bits per heavy atom. The number of benzene rings is 1. The van der Waals surface area contributed by atoms with Gasteiger partial charge in [0.05, 0.1) is 12.7 Å². The van der Waals surface area contributed by atoms with Crippen molar-refractivity contribution in [2.75, 3.05) is 33.9 Å². The van der Waals surface area contributed by atoms with Gasteiger partial charge in [-0.1, -0.05) is 24.8 Å². The molecule has 0 bridgehead atoms. The summed E-state index contributed by atoms with van der Waals surface area (Å²) in [5.74, 6) is -1.52. The molecule has 0 heterocycles. The van der Waals surface area contributed by atoms with Crippen LogP contribution in [0.25, 0.3) is 0 Å². The molecule has 0 radical (unpaired) electrons. The minimum absolute atomic E-state index is 0.0440. The second kappa shape index (κ2) is 10.4. The van der Waals surface area contributed by atoms with Crippen molar-refractivity contribution in [1.29, 1.82) is 0 Å². The molecule has 6 heteroatoms. The Hall–Kier alpha value is -2.47. The van der Waals surface area contributed by atoms with E-state index in [1.165, 1.54) is 31.4 Å². The van der Waals surface area contributed by atoms with Crippen molar-refractivity contribution in [2.45, 2.75) is 6.92 Å². The van der Waals surface area contributed by atoms with Crippen LogP contribution < -0.4 is 4.74 Å². The number of methoxy groups -OCH3 is 1.